The molecule has 0 aromatic carbocycles. The summed E-state index contributed by atoms with van der Waals surface area (Å²) in [6, 6.07) is 5.82. The van der Waals surface area contributed by atoms with Crippen molar-refractivity contribution in [1.82, 2.24) is 0 Å². The van der Waals surface area contributed by atoms with Crippen LogP contribution in [0.2, 0.25) is 0 Å². The van der Waals surface area contributed by atoms with Crippen LogP contribution in [0, 0.1) is 0 Å². The van der Waals surface area contributed by atoms with Gasteiger partial charge in [0.05, 0.1) is 13.2 Å². The number of pyridine rings is 2. The van der Waals surface area contributed by atoms with Gasteiger partial charge in [0, 0.05) is 19.1 Å². The number of phosphoric ester groups is 1. The second kappa shape index (κ2) is 14.4. The molecule has 236 valence electrons. The summed E-state index contributed by atoms with van der Waals surface area (Å²) in [7, 11) is -5.05. The number of aliphatic carboxylic acids is 1. The van der Waals surface area contributed by atoms with Crippen molar-refractivity contribution in [3.8, 4) is 0 Å². The van der Waals surface area contributed by atoms with Gasteiger partial charge in [-0.15, -0.1) is 0 Å². The third-order valence-electron chi connectivity index (χ3n) is 6.27. The fourth-order valence-electron chi connectivity index (χ4n) is 4.19. The molecule has 2 amide bonds. The molecule has 43 heavy (non-hydrogen) atoms. The molecular weight excluding hydrogens is 599 g/mol. The minimum absolute atomic E-state index is 0.114. The standard InChI is InChI=1S/C22H27N4O12P.C2H4O2/c23-19(31)11-3-1-5-25(7-11)21-17(29)15(27)13(37-21)9-35-39(33,34)36-10-14-16(28)18(30)22(38-14)26-6-2-4-12(8-26)20(24)32;1-2(3)4/h1-8,13-18,21-22,27-30H,9-10H2,(H3-2,23,24,31,32,33,34);1H3,(H,3,4)/p+1/t13-,14?,15-,16-,17-,18-,21-,22-;/m1./s1. The molecule has 2 aliphatic heterocycles. The Balaban J connectivity index is 0.00000119. The average molecular weight is 632 g/mol. The number of primary amides is 2. The highest BCUT2D eigenvalue weighted by molar-refractivity contribution is 7.45. The summed E-state index contributed by atoms with van der Waals surface area (Å²) >= 11 is 0. The second-order valence-electron chi connectivity index (χ2n) is 9.46. The second-order valence-corrected chi connectivity index (χ2v) is 10.9. The molecule has 0 aliphatic carbocycles. The van der Waals surface area contributed by atoms with Crippen molar-refractivity contribution >= 4 is 25.6 Å². The highest BCUT2D eigenvalue weighted by Crippen LogP contribution is 2.41. The lowest BCUT2D eigenvalue weighted by molar-refractivity contribution is -0.766. The summed E-state index contributed by atoms with van der Waals surface area (Å²) in [4.78, 5) is 44.2. The summed E-state index contributed by atoms with van der Waals surface area (Å²) in [6.07, 6.45) is -5.54. The van der Waals surface area contributed by atoms with Gasteiger partial charge in [-0.25, -0.2) is 0 Å². The Kier molecular flexibility index (Phi) is 11.4. The van der Waals surface area contributed by atoms with Crippen molar-refractivity contribution < 1.29 is 77.0 Å². The maximum absolute atomic E-state index is 12.3. The summed E-state index contributed by atoms with van der Waals surface area (Å²) in [5.41, 5.74) is 10.7. The van der Waals surface area contributed by atoms with Crippen molar-refractivity contribution in [2.45, 2.75) is 56.0 Å². The smallest absolute Gasteiger partial charge is 0.300 e. The van der Waals surface area contributed by atoms with Gasteiger partial charge in [-0.2, -0.15) is 9.13 Å². The van der Waals surface area contributed by atoms with E-state index < -0.39 is 87.9 Å². The zero-order valence-corrected chi connectivity index (χ0v) is 23.5. The average Bonchev–Trinajstić information content (AvgIpc) is 3.40. The molecule has 4 heterocycles. The quantitative estimate of drug-likeness (QED) is 0.0972. The van der Waals surface area contributed by atoms with Crippen molar-refractivity contribution in [1.29, 1.82) is 0 Å². The van der Waals surface area contributed by atoms with Gasteiger partial charge in [0.2, 0.25) is 0 Å². The predicted octanol–water partition coefficient (Wildman–Crippen LogP) is -4.01. The molecule has 2 saturated heterocycles. The summed E-state index contributed by atoms with van der Waals surface area (Å²) in [6.45, 7) is -0.388. The molecule has 0 spiro atoms. The summed E-state index contributed by atoms with van der Waals surface area (Å²) in [5.74, 6) is -2.29. The van der Waals surface area contributed by atoms with Crippen LogP contribution >= 0.6 is 7.82 Å². The number of rotatable bonds is 10. The van der Waals surface area contributed by atoms with Crippen molar-refractivity contribution in [2.75, 3.05) is 13.2 Å². The lowest BCUT2D eigenvalue weighted by atomic mass is 10.1. The predicted molar refractivity (Wildman–Crippen MR) is 135 cm³/mol. The highest BCUT2D eigenvalue weighted by atomic mass is 31.2. The molecule has 18 nitrogen and oxygen atoms in total. The first-order valence-electron chi connectivity index (χ1n) is 12.6. The van der Waals surface area contributed by atoms with E-state index in [9.17, 15) is 39.5 Å². The number of hydrogen-bond acceptors (Lipinski definition) is 13. The van der Waals surface area contributed by atoms with Crippen LogP contribution < -0.4 is 25.5 Å². The van der Waals surface area contributed by atoms with Crippen LogP contribution in [0.5, 0.6) is 0 Å². The number of aliphatic hydroxyl groups is 4. The van der Waals surface area contributed by atoms with Gasteiger partial charge >= 0.3 is 0 Å². The zero-order valence-electron chi connectivity index (χ0n) is 22.6. The molecule has 9 N–H and O–H groups in total. The fourth-order valence-corrected chi connectivity index (χ4v) is 4.92. The number of nitrogens with zero attached hydrogens (tertiary/aromatic N) is 2. The summed E-state index contributed by atoms with van der Waals surface area (Å²) in [5, 5.41) is 48.8. The number of carbonyl (C=O) groups excluding carboxylic acids is 2. The van der Waals surface area contributed by atoms with Crippen LogP contribution in [-0.4, -0.2) is 93.2 Å². The maximum atomic E-state index is 12.3. The van der Waals surface area contributed by atoms with E-state index in [2.05, 4.69) is 0 Å². The van der Waals surface area contributed by atoms with Crippen LogP contribution in [0.1, 0.15) is 40.1 Å². The fraction of sp³-hybridized carbons (Fsp3) is 0.458. The van der Waals surface area contributed by atoms with E-state index in [0.717, 1.165) is 6.92 Å². The Bertz CT molecular complexity index is 1270. The SMILES string of the molecule is CC(=O)O.NC(=O)c1ccc[n+]([C@@H]2O[C@H](COP(=O)([O-])OCC3O[C@@H]([n+]4cccc(C(N)=O)c4)[C@H](O)[C@@H]3O)[C@@H](O)[C@H]2O)c1. The van der Waals surface area contributed by atoms with Crippen molar-refractivity contribution in [3.05, 3.63) is 60.2 Å². The number of ether oxygens (including phenoxy) is 2. The number of carboxylic acid groups (broad SMARTS) is 1. The number of aliphatic hydroxyl groups excluding tert-OH is 4. The lowest BCUT2D eigenvalue weighted by Gasteiger charge is -2.26. The Morgan fingerprint density at radius 3 is 1.51 bits per heavy atom. The Labute approximate surface area is 243 Å². The van der Waals surface area contributed by atoms with Gasteiger partial charge < -0.3 is 60.4 Å². The van der Waals surface area contributed by atoms with Gasteiger partial charge in [0.15, 0.2) is 37.0 Å². The van der Waals surface area contributed by atoms with E-state index in [0.29, 0.717) is 0 Å². The Morgan fingerprint density at radius 2 is 1.19 bits per heavy atom. The van der Waals surface area contributed by atoms with Crippen molar-refractivity contribution in [2.24, 2.45) is 11.5 Å². The molecule has 2 aromatic rings. The molecule has 4 rings (SSSR count). The molecule has 19 heteroatoms. The highest BCUT2D eigenvalue weighted by Gasteiger charge is 2.50. The molecule has 2 fully saturated rings. The topological polar surface area (TPSA) is 289 Å². The number of carboxylic acids is 1. The normalized spacial score (nSPS) is 29.7. The van der Waals surface area contributed by atoms with Crippen molar-refractivity contribution in [3.63, 3.8) is 0 Å². The number of aromatic nitrogens is 2. The van der Waals surface area contributed by atoms with Crippen LogP contribution in [-0.2, 0) is 27.9 Å². The first kappa shape index (κ1) is 34.1. The largest absolute Gasteiger partial charge is 0.756 e. The molecule has 0 radical (unpaired) electrons. The Morgan fingerprint density at radius 1 is 0.837 bits per heavy atom. The minimum Gasteiger partial charge on any atom is -0.756 e. The van der Waals surface area contributed by atoms with E-state index in [1.54, 1.807) is 0 Å². The first-order valence-corrected chi connectivity index (χ1v) is 14.0. The van der Waals surface area contributed by atoms with E-state index in [1.165, 1.54) is 58.2 Å². The molecule has 0 bridgehead atoms. The third-order valence-corrected chi connectivity index (χ3v) is 7.20. The lowest BCUT2D eigenvalue weighted by Crippen LogP contribution is -2.46. The number of hydrogen-bond donors (Lipinski definition) is 7. The van der Waals surface area contributed by atoms with E-state index >= 15 is 0 Å². The zero-order chi connectivity index (χ0) is 32.1. The molecule has 2 unspecified atom stereocenters. The third kappa shape index (κ3) is 8.80. The van der Waals surface area contributed by atoms with E-state index in [1.807, 2.05) is 0 Å². The van der Waals surface area contributed by atoms with Gasteiger partial charge in [-0.1, -0.05) is 0 Å². The number of carbonyl (C=O) groups is 3. The first-order chi connectivity index (χ1) is 20.1. The molecule has 2 aliphatic rings. The molecule has 9 atom stereocenters. The number of amides is 2. The molecular formula is C24H32N4O14P+. The van der Waals surface area contributed by atoms with Gasteiger partial charge in [0.1, 0.15) is 35.5 Å². The summed E-state index contributed by atoms with van der Waals surface area (Å²) < 4.78 is 35.6. The number of phosphoric acid groups is 1. The van der Waals surface area contributed by atoms with Crippen LogP contribution in [0.15, 0.2) is 49.1 Å². The van der Waals surface area contributed by atoms with Crippen LogP contribution in [0.4, 0.5) is 0 Å². The molecule has 2 aromatic heterocycles. The van der Waals surface area contributed by atoms with E-state index in [4.69, 9.17) is 39.9 Å². The maximum Gasteiger partial charge on any atom is 0.300 e. The monoisotopic (exact) mass is 631 g/mol. The van der Waals surface area contributed by atoms with Crippen LogP contribution in [0.25, 0.3) is 0 Å². The van der Waals surface area contributed by atoms with Gasteiger partial charge in [-0.05, 0) is 12.1 Å². The van der Waals surface area contributed by atoms with E-state index in [-0.39, 0.29) is 11.1 Å². The number of nitrogens with two attached hydrogens (primary N) is 2. The Hall–Kier alpha value is -3.42. The van der Waals surface area contributed by atoms with Crippen LogP contribution in [0.3, 0.4) is 0 Å². The molecule has 0 saturated carbocycles. The van der Waals surface area contributed by atoms with Gasteiger partial charge in [0.25, 0.3) is 38.1 Å². The minimum atomic E-state index is -5.05. The van der Waals surface area contributed by atoms with Gasteiger partial charge in [-0.3, -0.25) is 18.9 Å².